The Hall–Kier alpha value is -2.42. The van der Waals surface area contributed by atoms with E-state index in [1.54, 1.807) is 0 Å². The Balaban J connectivity index is 1.71. The molecule has 5 aromatic rings. The monoisotopic (exact) mass is 370 g/mol. The van der Waals surface area contributed by atoms with E-state index in [0.717, 1.165) is 12.8 Å². The Bertz CT molecular complexity index is 1020. The summed E-state index contributed by atoms with van der Waals surface area (Å²) in [5.41, 5.74) is 5.72. The molecule has 3 aromatic carbocycles. The Morgan fingerprint density at radius 1 is 0.500 bits per heavy atom. The van der Waals surface area contributed by atoms with Crippen molar-refractivity contribution >= 4 is 42.8 Å². The molecule has 0 saturated heterocycles. The average molecular weight is 371 g/mol. The zero-order valence-electron chi connectivity index (χ0n) is 14.3. The maximum Gasteiger partial charge on any atom is 0.0387 e. The first kappa shape index (κ1) is 15.8. The Morgan fingerprint density at radius 2 is 0.923 bits per heavy atom. The maximum atomic E-state index is 2.31. The molecule has 0 aliphatic heterocycles. The lowest BCUT2D eigenvalue weighted by molar-refractivity contribution is 1.22. The second-order valence-corrected chi connectivity index (χ2v) is 8.44. The molecule has 5 rings (SSSR count). The largest absolute Gasteiger partial charge is 0.143 e. The molecule has 0 amide bonds. The predicted octanol–water partition coefficient (Wildman–Crippen LogP) is 7.30. The summed E-state index contributed by atoms with van der Waals surface area (Å²) in [5, 5.41) is 7.36. The number of thiophene rings is 2. The van der Waals surface area contributed by atoms with Gasteiger partial charge in [0, 0.05) is 9.40 Å². The summed E-state index contributed by atoms with van der Waals surface area (Å²) in [4.78, 5) is 0. The van der Waals surface area contributed by atoms with Gasteiger partial charge in [0.05, 0.1) is 0 Å². The van der Waals surface area contributed by atoms with Gasteiger partial charge in [-0.2, -0.15) is 0 Å². The zero-order chi connectivity index (χ0) is 17.3. The molecule has 0 spiro atoms. The highest BCUT2D eigenvalue weighted by Gasteiger charge is 2.16. The summed E-state index contributed by atoms with van der Waals surface area (Å²) in [5.74, 6) is 0. The quantitative estimate of drug-likeness (QED) is 0.311. The first-order valence-corrected chi connectivity index (χ1v) is 10.6. The first-order chi connectivity index (χ1) is 12.9. The van der Waals surface area contributed by atoms with Crippen molar-refractivity contribution in [2.75, 3.05) is 0 Å². The van der Waals surface area contributed by atoms with E-state index in [-0.39, 0.29) is 0 Å². The standard InChI is InChI=1S/C24H18S2/c1-3-7-17(8-4-1)15-21-19-11-13-26-24(19)22(20-12-14-25-23(20)21)16-18-9-5-2-6-10-18/h1-14H,15-16H2. The zero-order valence-corrected chi connectivity index (χ0v) is 15.9. The molecule has 0 bridgehead atoms. The van der Waals surface area contributed by atoms with Crippen LogP contribution in [0.3, 0.4) is 0 Å². The Kier molecular flexibility index (Phi) is 4.08. The van der Waals surface area contributed by atoms with Crippen molar-refractivity contribution in [3.05, 3.63) is 106 Å². The lowest BCUT2D eigenvalue weighted by Crippen LogP contribution is -1.94. The molecule has 0 aliphatic rings. The van der Waals surface area contributed by atoms with Crippen molar-refractivity contribution in [2.24, 2.45) is 0 Å². The minimum atomic E-state index is 0.997. The third-order valence-corrected chi connectivity index (χ3v) is 6.92. The van der Waals surface area contributed by atoms with Gasteiger partial charge in [0.25, 0.3) is 0 Å². The molecule has 2 heterocycles. The maximum absolute atomic E-state index is 2.31. The summed E-state index contributed by atoms with van der Waals surface area (Å²) in [7, 11) is 0. The summed E-state index contributed by atoms with van der Waals surface area (Å²) >= 11 is 3.76. The van der Waals surface area contributed by atoms with Crippen molar-refractivity contribution in [1.29, 1.82) is 0 Å². The van der Waals surface area contributed by atoms with E-state index in [9.17, 15) is 0 Å². The van der Waals surface area contributed by atoms with Gasteiger partial charge in [0.1, 0.15) is 0 Å². The van der Waals surface area contributed by atoms with Crippen LogP contribution in [-0.2, 0) is 12.8 Å². The summed E-state index contributed by atoms with van der Waals surface area (Å²) < 4.78 is 2.90. The number of rotatable bonds is 4. The average Bonchev–Trinajstić information content (AvgIpc) is 3.36. The fraction of sp³-hybridized carbons (Fsp3) is 0.0833. The second-order valence-electron chi connectivity index (χ2n) is 6.61. The van der Waals surface area contributed by atoms with E-state index in [1.807, 2.05) is 22.7 Å². The van der Waals surface area contributed by atoms with Crippen molar-refractivity contribution in [1.82, 2.24) is 0 Å². The molecule has 0 radical (unpaired) electrons. The fourth-order valence-electron chi connectivity index (χ4n) is 3.76. The summed E-state index contributed by atoms with van der Waals surface area (Å²) in [6, 6.07) is 26.3. The van der Waals surface area contributed by atoms with Crippen molar-refractivity contribution in [2.45, 2.75) is 12.8 Å². The Labute approximate surface area is 161 Å². The third kappa shape index (κ3) is 2.76. The van der Waals surface area contributed by atoms with Gasteiger partial charge >= 0.3 is 0 Å². The van der Waals surface area contributed by atoms with Gasteiger partial charge in [0.15, 0.2) is 0 Å². The van der Waals surface area contributed by atoms with E-state index in [1.165, 1.54) is 42.4 Å². The van der Waals surface area contributed by atoms with Crippen LogP contribution >= 0.6 is 22.7 Å². The van der Waals surface area contributed by atoms with E-state index >= 15 is 0 Å². The van der Waals surface area contributed by atoms with Crippen molar-refractivity contribution in [3.63, 3.8) is 0 Å². The third-order valence-electron chi connectivity index (χ3n) is 4.98. The first-order valence-electron chi connectivity index (χ1n) is 8.86. The molecule has 126 valence electrons. The molecule has 2 heteroatoms. The van der Waals surface area contributed by atoms with Crippen LogP contribution < -0.4 is 0 Å². The highest BCUT2D eigenvalue weighted by Crippen LogP contribution is 2.40. The highest BCUT2D eigenvalue weighted by molar-refractivity contribution is 7.19. The molecular formula is C24H18S2. The van der Waals surface area contributed by atoms with Crippen LogP contribution in [0.5, 0.6) is 0 Å². The minimum absolute atomic E-state index is 0.997. The van der Waals surface area contributed by atoms with Crippen LogP contribution in [0.2, 0.25) is 0 Å². The molecule has 2 aromatic heterocycles. The van der Waals surface area contributed by atoms with Gasteiger partial charge in [-0.15, -0.1) is 22.7 Å². The number of hydrogen-bond acceptors (Lipinski definition) is 2. The fourth-order valence-corrected chi connectivity index (χ4v) is 5.72. The van der Waals surface area contributed by atoms with Crippen LogP contribution in [0.25, 0.3) is 20.2 Å². The van der Waals surface area contributed by atoms with E-state index in [0.29, 0.717) is 0 Å². The van der Waals surface area contributed by atoms with Gasteiger partial charge in [-0.3, -0.25) is 0 Å². The van der Waals surface area contributed by atoms with Crippen molar-refractivity contribution < 1.29 is 0 Å². The molecular weight excluding hydrogens is 352 g/mol. The molecule has 0 aliphatic carbocycles. The highest BCUT2D eigenvalue weighted by atomic mass is 32.1. The minimum Gasteiger partial charge on any atom is -0.143 e. The van der Waals surface area contributed by atoms with Crippen LogP contribution in [0.4, 0.5) is 0 Å². The predicted molar refractivity (Wildman–Crippen MR) is 116 cm³/mol. The second kappa shape index (κ2) is 6.71. The molecule has 0 fully saturated rings. The van der Waals surface area contributed by atoms with Gasteiger partial charge in [-0.1, -0.05) is 60.7 Å². The Morgan fingerprint density at radius 3 is 1.35 bits per heavy atom. The van der Waals surface area contributed by atoms with Crippen LogP contribution in [0, 0.1) is 0 Å². The topological polar surface area (TPSA) is 0 Å². The molecule has 0 atom stereocenters. The lowest BCUT2D eigenvalue weighted by Gasteiger charge is -2.12. The number of benzene rings is 3. The van der Waals surface area contributed by atoms with Crippen molar-refractivity contribution in [3.8, 4) is 0 Å². The number of hydrogen-bond donors (Lipinski definition) is 0. The van der Waals surface area contributed by atoms with E-state index < -0.39 is 0 Å². The molecule has 0 unspecified atom stereocenters. The summed E-state index contributed by atoms with van der Waals surface area (Å²) in [6.07, 6.45) is 1.99. The van der Waals surface area contributed by atoms with Gasteiger partial charge < -0.3 is 0 Å². The molecule has 0 saturated carbocycles. The summed E-state index contributed by atoms with van der Waals surface area (Å²) in [6.45, 7) is 0. The van der Waals surface area contributed by atoms with Crippen LogP contribution in [0.15, 0.2) is 83.6 Å². The van der Waals surface area contributed by atoms with Crippen LogP contribution in [-0.4, -0.2) is 0 Å². The van der Waals surface area contributed by atoms with Gasteiger partial charge in [0.2, 0.25) is 0 Å². The smallest absolute Gasteiger partial charge is 0.0387 e. The van der Waals surface area contributed by atoms with Crippen LogP contribution in [0.1, 0.15) is 22.3 Å². The molecule has 0 N–H and O–H groups in total. The molecule has 26 heavy (non-hydrogen) atoms. The van der Waals surface area contributed by atoms with Gasteiger partial charge in [-0.05, 0) is 68.8 Å². The lowest BCUT2D eigenvalue weighted by atomic mass is 9.94. The normalized spacial score (nSPS) is 11.4. The van der Waals surface area contributed by atoms with E-state index in [4.69, 9.17) is 0 Å². The SMILES string of the molecule is c1ccc(Cc2c3ccsc3c(Cc3ccccc3)c3ccsc23)cc1. The van der Waals surface area contributed by atoms with Gasteiger partial charge in [-0.25, -0.2) is 0 Å². The number of fused-ring (bicyclic) bond motifs is 2. The molecule has 0 nitrogen and oxygen atoms in total. The van der Waals surface area contributed by atoms with E-state index in [2.05, 4.69) is 83.6 Å².